The average molecular weight is 425 g/mol. The number of piperazine rings is 1. The molecule has 0 spiro atoms. The first-order valence-electron chi connectivity index (χ1n) is 10.8. The van der Waals surface area contributed by atoms with E-state index in [9.17, 15) is 4.79 Å². The fourth-order valence-electron chi connectivity index (χ4n) is 3.96. The maximum Gasteiger partial charge on any atom is 0.169 e. The molecule has 32 heavy (non-hydrogen) atoms. The summed E-state index contributed by atoms with van der Waals surface area (Å²) in [6.07, 6.45) is 5.47. The van der Waals surface area contributed by atoms with Crippen LogP contribution >= 0.6 is 0 Å². The van der Waals surface area contributed by atoms with Crippen molar-refractivity contribution in [3.05, 3.63) is 78.4 Å². The number of likely N-dealkylation sites (N-methyl/N-ethyl adjacent to an activating group) is 1. The normalized spacial score (nSPS) is 14.6. The van der Waals surface area contributed by atoms with Crippen molar-refractivity contribution in [2.45, 2.75) is 6.42 Å². The number of Topliss-reactive ketones (excluding diaryl/α,β-unsaturated/α-hetero) is 1. The van der Waals surface area contributed by atoms with Crippen LogP contribution in [-0.4, -0.2) is 64.1 Å². The summed E-state index contributed by atoms with van der Waals surface area (Å²) in [4.78, 5) is 26.1. The molecule has 5 rings (SSSR count). The Hall–Kier alpha value is -3.71. The molecule has 0 bridgehead atoms. The molecule has 7 nitrogen and oxygen atoms in total. The van der Waals surface area contributed by atoms with Gasteiger partial charge in [0.25, 0.3) is 0 Å². The SMILES string of the molecule is CN1CCN(c2cc(C(=O)Cc3cc4cc(-c5ccncc5)ccc4nn3)ccn2)CC1. The largest absolute Gasteiger partial charge is 0.354 e. The van der Waals surface area contributed by atoms with Crippen molar-refractivity contribution in [3.63, 3.8) is 0 Å². The Morgan fingerprint density at radius 2 is 1.69 bits per heavy atom. The molecule has 0 aliphatic carbocycles. The maximum absolute atomic E-state index is 13.0. The number of hydrogen-bond acceptors (Lipinski definition) is 7. The molecule has 0 unspecified atom stereocenters. The second-order valence-corrected chi connectivity index (χ2v) is 8.14. The highest BCUT2D eigenvalue weighted by Gasteiger charge is 2.17. The van der Waals surface area contributed by atoms with Crippen LogP contribution in [0.15, 0.2) is 67.1 Å². The van der Waals surface area contributed by atoms with Crippen LogP contribution < -0.4 is 4.90 Å². The number of rotatable bonds is 5. The number of carbonyl (C=O) groups excluding carboxylic acids is 1. The van der Waals surface area contributed by atoms with E-state index in [4.69, 9.17) is 0 Å². The molecular formula is C25H24N6O. The van der Waals surface area contributed by atoms with Gasteiger partial charge in [-0.2, -0.15) is 10.2 Å². The lowest BCUT2D eigenvalue weighted by Gasteiger charge is -2.33. The van der Waals surface area contributed by atoms with Gasteiger partial charge in [0.1, 0.15) is 5.82 Å². The first-order chi connectivity index (χ1) is 15.7. The van der Waals surface area contributed by atoms with Gasteiger partial charge in [0.15, 0.2) is 5.78 Å². The molecule has 7 heteroatoms. The lowest BCUT2D eigenvalue weighted by atomic mass is 10.0. The van der Waals surface area contributed by atoms with Gasteiger partial charge in [-0.15, -0.1) is 0 Å². The minimum atomic E-state index is 0.0155. The van der Waals surface area contributed by atoms with E-state index in [1.54, 1.807) is 24.7 Å². The summed E-state index contributed by atoms with van der Waals surface area (Å²) in [5.74, 6) is 0.872. The highest BCUT2D eigenvalue weighted by Crippen LogP contribution is 2.23. The Labute approximate surface area is 186 Å². The number of anilines is 1. The Balaban J connectivity index is 1.36. The lowest BCUT2D eigenvalue weighted by molar-refractivity contribution is 0.0991. The van der Waals surface area contributed by atoms with Crippen molar-refractivity contribution in [2.24, 2.45) is 0 Å². The van der Waals surface area contributed by atoms with E-state index >= 15 is 0 Å². The quantitative estimate of drug-likeness (QED) is 0.455. The summed E-state index contributed by atoms with van der Waals surface area (Å²) >= 11 is 0. The van der Waals surface area contributed by atoms with Crippen molar-refractivity contribution in [1.29, 1.82) is 0 Å². The topological polar surface area (TPSA) is 75.1 Å². The molecule has 1 saturated heterocycles. The van der Waals surface area contributed by atoms with Gasteiger partial charge in [-0.3, -0.25) is 9.78 Å². The molecule has 0 atom stereocenters. The van der Waals surface area contributed by atoms with Crippen molar-refractivity contribution < 1.29 is 4.79 Å². The van der Waals surface area contributed by atoms with E-state index in [1.165, 1.54) is 0 Å². The molecule has 4 aromatic rings. The summed E-state index contributed by atoms with van der Waals surface area (Å²) in [6, 6.07) is 15.6. The summed E-state index contributed by atoms with van der Waals surface area (Å²) in [5.41, 5.74) is 4.29. The molecule has 0 radical (unpaired) electrons. The van der Waals surface area contributed by atoms with Gasteiger partial charge in [0.2, 0.25) is 0 Å². The molecule has 0 saturated carbocycles. The van der Waals surface area contributed by atoms with Crippen LogP contribution in [0.25, 0.3) is 22.0 Å². The molecule has 1 aliphatic rings. The number of aromatic nitrogens is 4. The van der Waals surface area contributed by atoms with E-state index in [0.29, 0.717) is 11.3 Å². The highest BCUT2D eigenvalue weighted by molar-refractivity contribution is 5.98. The molecule has 1 aromatic carbocycles. The first-order valence-corrected chi connectivity index (χ1v) is 10.8. The van der Waals surface area contributed by atoms with E-state index in [0.717, 1.165) is 54.0 Å². The number of ketones is 1. The van der Waals surface area contributed by atoms with Gasteiger partial charge in [-0.25, -0.2) is 4.98 Å². The second kappa shape index (κ2) is 8.80. The summed E-state index contributed by atoms with van der Waals surface area (Å²) < 4.78 is 0. The monoisotopic (exact) mass is 424 g/mol. The van der Waals surface area contributed by atoms with Crippen LogP contribution in [0.5, 0.6) is 0 Å². The van der Waals surface area contributed by atoms with Crippen molar-refractivity contribution >= 4 is 22.5 Å². The Morgan fingerprint density at radius 3 is 2.50 bits per heavy atom. The number of hydrogen-bond donors (Lipinski definition) is 0. The van der Waals surface area contributed by atoms with Crippen LogP contribution in [-0.2, 0) is 6.42 Å². The molecule has 1 aliphatic heterocycles. The lowest BCUT2D eigenvalue weighted by Crippen LogP contribution is -2.44. The van der Waals surface area contributed by atoms with Gasteiger partial charge < -0.3 is 9.80 Å². The predicted molar refractivity (Wildman–Crippen MR) is 125 cm³/mol. The second-order valence-electron chi connectivity index (χ2n) is 8.14. The zero-order valence-corrected chi connectivity index (χ0v) is 18.0. The van der Waals surface area contributed by atoms with Gasteiger partial charge >= 0.3 is 0 Å². The van der Waals surface area contributed by atoms with E-state index in [2.05, 4.69) is 43.1 Å². The number of carbonyl (C=O) groups is 1. The van der Waals surface area contributed by atoms with Crippen LogP contribution in [0.1, 0.15) is 16.1 Å². The average Bonchev–Trinajstić information content (AvgIpc) is 2.84. The van der Waals surface area contributed by atoms with Crippen LogP contribution in [0.3, 0.4) is 0 Å². The van der Waals surface area contributed by atoms with Gasteiger partial charge in [-0.05, 0) is 60.6 Å². The van der Waals surface area contributed by atoms with E-state index < -0.39 is 0 Å². The minimum Gasteiger partial charge on any atom is -0.354 e. The maximum atomic E-state index is 13.0. The minimum absolute atomic E-state index is 0.0155. The zero-order chi connectivity index (χ0) is 21.9. The van der Waals surface area contributed by atoms with E-state index in [1.807, 2.05) is 36.4 Å². The van der Waals surface area contributed by atoms with Crippen molar-refractivity contribution in [2.75, 3.05) is 38.1 Å². The fraction of sp³-hybridized carbons (Fsp3) is 0.240. The first kappa shape index (κ1) is 20.2. The summed E-state index contributed by atoms with van der Waals surface area (Å²) in [7, 11) is 2.12. The molecule has 160 valence electrons. The van der Waals surface area contributed by atoms with Crippen LogP contribution in [0, 0.1) is 0 Å². The number of nitrogens with zero attached hydrogens (tertiary/aromatic N) is 6. The standard InChI is InChI=1S/C25H24N6O/c1-30-10-12-31(13-11-30)25-16-20(6-9-27-25)24(32)17-22-15-21-14-19(2-3-23(21)29-28-22)18-4-7-26-8-5-18/h2-9,14-16H,10-13,17H2,1H3. The summed E-state index contributed by atoms with van der Waals surface area (Å²) in [5, 5.41) is 9.57. The molecule has 1 fully saturated rings. The smallest absolute Gasteiger partial charge is 0.169 e. The number of pyridine rings is 2. The number of fused-ring (bicyclic) bond motifs is 1. The molecule has 4 heterocycles. The van der Waals surface area contributed by atoms with Crippen LogP contribution in [0.2, 0.25) is 0 Å². The molecule has 0 N–H and O–H groups in total. The molecular weight excluding hydrogens is 400 g/mol. The Morgan fingerprint density at radius 1 is 0.875 bits per heavy atom. The zero-order valence-electron chi connectivity index (χ0n) is 18.0. The van der Waals surface area contributed by atoms with Crippen molar-refractivity contribution in [3.8, 4) is 11.1 Å². The van der Waals surface area contributed by atoms with E-state index in [-0.39, 0.29) is 12.2 Å². The van der Waals surface area contributed by atoms with Crippen LogP contribution in [0.4, 0.5) is 5.82 Å². The van der Waals surface area contributed by atoms with Gasteiger partial charge in [0.05, 0.1) is 17.6 Å². The Bertz CT molecular complexity index is 1250. The Kier molecular flexibility index (Phi) is 5.56. The molecule has 0 amide bonds. The number of benzene rings is 1. The predicted octanol–water partition coefficient (Wildman–Crippen LogP) is 3.26. The fourth-order valence-corrected chi connectivity index (χ4v) is 3.96. The third-order valence-corrected chi connectivity index (χ3v) is 5.89. The molecule has 3 aromatic heterocycles. The van der Waals surface area contributed by atoms with Gasteiger partial charge in [-0.1, -0.05) is 6.07 Å². The van der Waals surface area contributed by atoms with Gasteiger partial charge in [0, 0.05) is 55.7 Å². The third-order valence-electron chi connectivity index (χ3n) is 5.89. The van der Waals surface area contributed by atoms with Crippen molar-refractivity contribution in [1.82, 2.24) is 25.1 Å². The highest BCUT2D eigenvalue weighted by atomic mass is 16.1. The third kappa shape index (κ3) is 4.33. The summed E-state index contributed by atoms with van der Waals surface area (Å²) in [6.45, 7) is 3.82.